The Hall–Kier alpha value is -2.68. The second-order valence-corrected chi connectivity index (χ2v) is 3.80. The Kier molecular flexibility index (Phi) is 6.48. The fourth-order valence-electron chi connectivity index (χ4n) is 1.50. The second kappa shape index (κ2) is 8.43. The van der Waals surface area contributed by atoms with E-state index < -0.39 is 6.09 Å². The van der Waals surface area contributed by atoms with E-state index in [2.05, 4.69) is 16.0 Å². The predicted molar refractivity (Wildman–Crippen MR) is 75.1 cm³/mol. The number of benzene rings is 1. The van der Waals surface area contributed by atoms with Gasteiger partial charge in [0.05, 0.1) is 6.61 Å². The topological polar surface area (TPSA) is 86.2 Å². The molecule has 6 nitrogen and oxygen atoms in total. The number of nitriles is 1. The lowest BCUT2D eigenvalue weighted by molar-refractivity contribution is 0.155. The highest BCUT2D eigenvalue weighted by Gasteiger charge is 2.09. The normalized spacial score (nSPS) is 10.8. The van der Waals surface area contributed by atoms with Gasteiger partial charge in [0.2, 0.25) is 0 Å². The number of hydrogen-bond acceptors (Lipinski definition) is 5. The van der Waals surface area contributed by atoms with E-state index in [-0.39, 0.29) is 12.3 Å². The molecule has 6 heteroatoms. The van der Waals surface area contributed by atoms with Gasteiger partial charge in [-0.25, -0.2) is 4.79 Å². The summed E-state index contributed by atoms with van der Waals surface area (Å²) in [6, 6.07) is 11.6. The maximum absolute atomic E-state index is 11.3. The molecule has 1 aromatic rings. The SMILES string of the molecule is CCOC(=O)N/C(C#N)=C(\NC)NCc1ccccc1. The predicted octanol–water partition coefficient (Wildman–Crippen LogP) is 1.43. The molecule has 0 unspecified atom stereocenters. The average molecular weight is 274 g/mol. The number of carbonyl (C=O) groups is 1. The van der Waals surface area contributed by atoms with Crippen LogP contribution in [0.5, 0.6) is 0 Å². The molecule has 0 fully saturated rings. The number of nitrogens with zero attached hydrogens (tertiary/aromatic N) is 1. The lowest BCUT2D eigenvalue weighted by Crippen LogP contribution is -2.32. The van der Waals surface area contributed by atoms with Crippen molar-refractivity contribution in [2.45, 2.75) is 13.5 Å². The van der Waals surface area contributed by atoms with Gasteiger partial charge in [-0.2, -0.15) is 5.26 Å². The Balaban J connectivity index is 2.72. The van der Waals surface area contributed by atoms with Gasteiger partial charge in [0.25, 0.3) is 0 Å². The highest BCUT2D eigenvalue weighted by Crippen LogP contribution is 2.00. The first-order chi connectivity index (χ1) is 9.71. The van der Waals surface area contributed by atoms with E-state index in [1.165, 1.54) is 0 Å². The van der Waals surface area contributed by atoms with Gasteiger partial charge in [-0.15, -0.1) is 0 Å². The molecule has 0 radical (unpaired) electrons. The summed E-state index contributed by atoms with van der Waals surface area (Å²) < 4.78 is 4.74. The fourth-order valence-corrected chi connectivity index (χ4v) is 1.50. The summed E-state index contributed by atoms with van der Waals surface area (Å²) in [5.41, 5.74) is 1.15. The fraction of sp³-hybridized carbons (Fsp3) is 0.286. The van der Waals surface area contributed by atoms with Crippen LogP contribution in [-0.2, 0) is 11.3 Å². The minimum Gasteiger partial charge on any atom is -0.450 e. The van der Waals surface area contributed by atoms with Crippen LogP contribution in [0.3, 0.4) is 0 Å². The van der Waals surface area contributed by atoms with E-state index in [0.29, 0.717) is 12.4 Å². The van der Waals surface area contributed by atoms with Gasteiger partial charge < -0.3 is 15.4 Å². The number of allylic oxidation sites excluding steroid dienone is 1. The van der Waals surface area contributed by atoms with Crippen molar-refractivity contribution in [2.75, 3.05) is 13.7 Å². The van der Waals surface area contributed by atoms with Crippen LogP contribution in [0, 0.1) is 11.3 Å². The van der Waals surface area contributed by atoms with Crippen molar-refractivity contribution in [3.8, 4) is 6.07 Å². The van der Waals surface area contributed by atoms with Gasteiger partial charge in [0.15, 0.2) is 5.70 Å². The summed E-state index contributed by atoms with van der Waals surface area (Å²) >= 11 is 0. The van der Waals surface area contributed by atoms with Crippen molar-refractivity contribution in [3.63, 3.8) is 0 Å². The molecular weight excluding hydrogens is 256 g/mol. The maximum atomic E-state index is 11.3. The second-order valence-electron chi connectivity index (χ2n) is 3.80. The molecule has 1 rings (SSSR count). The third kappa shape index (κ3) is 4.90. The smallest absolute Gasteiger partial charge is 0.412 e. The molecule has 0 spiro atoms. The first-order valence-electron chi connectivity index (χ1n) is 6.25. The zero-order valence-corrected chi connectivity index (χ0v) is 11.6. The minimum absolute atomic E-state index is 0.0851. The monoisotopic (exact) mass is 274 g/mol. The van der Waals surface area contributed by atoms with Gasteiger partial charge >= 0.3 is 6.09 Å². The summed E-state index contributed by atoms with van der Waals surface area (Å²) in [5.74, 6) is 0.435. The highest BCUT2D eigenvalue weighted by atomic mass is 16.5. The number of ether oxygens (including phenoxy) is 1. The molecule has 0 aliphatic heterocycles. The quantitative estimate of drug-likeness (QED) is 0.683. The summed E-state index contributed by atoms with van der Waals surface area (Å²) in [7, 11) is 1.66. The van der Waals surface area contributed by atoms with E-state index >= 15 is 0 Å². The molecule has 0 aliphatic rings. The maximum Gasteiger partial charge on any atom is 0.412 e. The third-order valence-corrected chi connectivity index (χ3v) is 2.43. The van der Waals surface area contributed by atoms with E-state index in [1.807, 2.05) is 36.4 Å². The first kappa shape index (κ1) is 15.4. The van der Waals surface area contributed by atoms with Crippen LogP contribution in [0.2, 0.25) is 0 Å². The highest BCUT2D eigenvalue weighted by molar-refractivity contribution is 5.70. The van der Waals surface area contributed by atoms with Gasteiger partial charge in [-0.05, 0) is 12.5 Å². The molecule has 0 saturated heterocycles. The summed E-state index contributed by atoms with van der Waals surface area (Å²) in [4.78, 5) is 11.3. The van der Waals surface area contributed by atoms with Gasteiger partial charge in [-0.1, -0.05) is 30.3 Å². The lowest BCUT2D eigenvalue weighted by atomic mass is 10.2. The first-order valence-corrected chi connectivity index (χ1v) is 6.25. The van der Waals surface area contributed by atoms with Crippen LogP contribution >= 0.6 is 0 Å². The number of alkyl carbamates (subject to hydrolysis) is 1. The number of nitrogens with one attached hydrogen (secondary N) is 3. The average Bonchev–Trinajstić information content (AvgIpc) is 2.48. The molecule has 0 atom stereocenters. The molecule has 1 amide bonds. The van der Waals surface area contributed by atoms with Crippen LogP contribution in [0.1, 0.15) is 12.5 Å². The Labute approximate surface area is 118 Å². The molecule has 0 aromatic heterocycles. The molecule has 3 N–H and O–H groups in total. The number of carbonyl (C=O) groups excluding carboxylic acids is 1. The standard InChI is InChI=1S/C14H18N4O2/c1-3-20-14(19)18-12(9-15)13(16-2)17-10-11-7-5-4-6-8-11/h4-8,16-17H,3,10H2,1-2H3,(H,18,19)/b13-12+. The van der Waals surface area contributed by atoms with E-state index in [4.69, 9.17) is 10.00 Å². The zero-order valence-electron chi connectivity index (χ0n) is 11.6. The van der Waals surface area contributed by atoms with Crippen molar-refractivity contribution in [1.29, 1.82) is 5.26 Å². The van der Waals surface area contributed by atoms with E-state index in [0.717, 1.165) is 5.56 Å². The van der Waals surface area contributed by atoms with Crippen molar-refractivity contribution in [1.82, 2.24) is 16.0 Å². The summed E-state index contributed by atoms with van der Waals surface area (Å²) in [6.45, 7) is 2.48. The molecule has 0 saturated carbocycles. The molecular formula is C14H18N4O2. The Morgan fingerprint density at radius 3 is 2.60 bits per heavy atom. The van der Waals surface area contributed by atoms with Crippen molar-refractivity contribution >= 4 is 6.09 Å². The molecule has 0 aliphatic carbocycles. The van der Waals surface area contributed by atoms with Crippen molar-refractivity contribution < 1.29 is 9.53 Å². The molecule has 20 heavy (non-hydrogen) atoms. The lowest BCUT2D eigenvalue weighted by Gasteiger charge is -2.13. The van der Waals surface area contributed by atoms with E-state index in [9.17, 15) is 4.79 Å². The molecule has 0 heterocycles. The zero-order chi connectivity index (χ0) is 14.8. The number of hydrogen-bond donors (Lipinski definition) is 3. The summed E-state index contributed by atoms with van der Waals surface area (Å²) in [5, 5.41) is 17.4. The van der Waals surface area contributed by atoms with Gasteiger partial charge in [0.1, 0.15) is 11.9 Å². The third-order valence-electron chi connectivity index (χ3n) is 2.43. The van der Waals surface area contributed by atoms with Gasteiger partial charge in [0, 0.05) is 13.6 Å². The Morgan fingerprint density at radius 2 is 2.05 bits per heavy atom. The minimum atomic E-state index is -0.654. The Morgan fingerprint density at radius 1 is 1.35 bits per heavy atom. The number of rotatable bonds is 6. The van der Waals surface area contributed by atoms with Crippen molar-refractivity contribution in [2.24, 2.45) is 0 Å². The van der Waals surface area contributed by atoms with Crippen LogP contribution in [0.15, 0.2) is 41.8 Å². The van der Waals surface area contributed by atoms with Crippen LogP contribution in [0.4, 0.5) is 4.79 Å². The van der Waals surface area contributed by atoms with E-state index in [1.54, 1.807) is 14.0 Å². The largest absolute Gasteiger partial charge is 0.450 e. The van der Waals surface area contributed by atoms with Gasteiger partial charge in [-0.3, -0.25) is 5.32 Å². The molecule has 106 valence electrons. The molecule has 0 bridgehead atoms. The number of amides is 1. The summed E-state index contributed by atoms with van der Waals surface area (Å²) in [6.07, 6.45) is -0.654. The Bertz CT molecular complexity index is 506. The van der Waals surface area contributed by atoms with Crippen molar-refractivity contribution in [3.05, 3.63) is 47.4 Å². The van der Waals surface area contributed by atoms with Crippen LogP contribution in [-0.4, -0.2) is 19.7 Å². The molecule has 1 aromatic carbocycles. The van der Waals surface area contributed by atoms with Crippen LogP contribution in [0.25, 0.3) is 0 Å². The van der Waals surface area contributed by atoms with Crippen LogP contribution < -0.4 is 16.0 Å².